The smallest absolute Gasteiger partial charge is 0.147 e. The summed E-state index contributed by atoms with van der Waals surface area (Å²) in [6, 6.07) is 1.52. The zero-order chi connectivity index (χ0) is 12.2. The fourth-order valence-electron chi connectivity index (χ4n) is 1.41. The minimum atomic E-state index is -2.91. The summed E-state index contributed by atoms with van der Waals surface area (Å²) in [5.41, 5.74) is 6.73. The molecular weight excluding hydrogens is 248 g/mol. The molecule has 2 N–H and O–H groups in total. The minimum Gasteiger partial charge on any atom is -0.324 e. The second-order valence-corrected chi connectivity index (χ2v) is 6.44. The number of hydrogen-bond donors (Lipinski definition) is 1. The van der Waals surface area contributed by atoms with Crippen LogP contribution in [0.1, 0.15) is 24.4 Å². The summed E-state index contributed by atoms with van der Waals surface area (Å²) in [7, 11) is -2.91. The standard InChI is InChI=1S/C10H15ClN2O2S/c1-16(14,15)6-2-3-10(12)8-4-5-13-7-9(8)11/h4-5,7,10H,2-3,6,12H2,1H3. The molecule has 1 aromatic heterocycles. The van der Waals surface area contributed by atoms with E-state index in [1.807, 2.05) is 0 Å². The van der Waals surface area contributed by atoms with E-state index in [1.54, 1.807) is 12.3 Å². The van der Waals surface area contributed by atoms with Gasteiger partial charge < -0.3 is 5.73 Å². The fourth-order valence-corrected chi connectivity index (χ4v) is 2.36. The van der Waals surface area contributed by atoms with Gasteiger partial charge in [-0.3, -0.25) is 4.98 Å². The van der Waals surface area contributed by atoms with Crippen molar-refractivity contribution in [2.45, 2.75) is 18.9 Å². The van der Waals surface area contributed by atoms with Crippen LogP contribution in [0.4, 0.5) is 0 Å². The van der Waals surface area contributed by atoms with Gasteiger partial charge in [-0.05, 0) is 24.5 Å². The van der Waals surface area contributed by atoms with E-state index in [0.29, 0.717) is 17.9 Å². The van der Waals surface area contributed by atoms with Crippen molar-refractivity contribution in [3.8, 4) is 0 Å². The van der Waals surface area contributed by atoms with Crippen LogP contribution in [0.25, 0.3) is 0 Å². The molecule has 1 unspecified atom stereocenters. The Bertz CT molecular complexity index is 448. The van der Waals surface area contributed by atoms with Gasteiger partial charge in [0, 0.05) is 30.4 Å². The molecule has 90 valence electrons. The average Bonchev–Trinajstić information content (AvgIpc) is 2.16. The van der Waals surface area contributed by atoms with Crippen LogP contribution in [0.3, 0.4) is 0 Å². The lowest BCUT2D eigenvalue weighted by atomic mass is 10.1. The predicted molar refractivity (Wildman–Crippen MR) is 65.1 cm³/mol. The van der Waals surface area contributed by atoms with Gasteiger partial charge in [0.2, 0.25) is 0 Å². The third kappa shape index (κ3) is 4.47. The van der Waals surface area contributed by atoms with E-state index in [4.69, 9.17) is 17.3 Å². The van der Waals surface area contributed by atoms with E-state index in [9.17, 15) is 8.42 Å². The van der Waals surface area contributed by atoms with E-state index in [0.717, 1.165) is 5.56 Å². The first-order valence-electron chi connectivity index (χ1n) is 4.93. The Labute approximate surface area is 101 Å². The molecule has 1 rings (SSSR count). The highest BCUT2D eigenvalue weighted by atomic mass is 35.5. The van der Waals surface area contributed by atoms with Gasteiger partial charge in [0.25, 0.3) is 0 Å². The summed E-state index contributed by atoms with van der Waals surface area (Å²) >= 11 is 5.93. The van der Waals surface area contributed by atoms with Crippen molar-refractivity contribution in [1.82, 2.24) is 4.98 Å². The molecule has 0 aromatic carbocycles. The largest absolute Gasteiger partial charge is 0.324 e. The quantitative estimate of drug-likeness (QED) is 0.874. The molecule has 1 atom stereocenters. The Morgan fingerprint density at radius 1 is 1.56 bits per heavy atom. The summed E-state index contributed by atoms with van der Waals surface area (Å²) in [5, 5.41) is 0.523. The Kier molecular flexibility index (Phi) is 4.70. The molecule has 0 fully saturated rings. The first kappa shape index (κ1) is 13.4. The molecular formula is C10H15ClN2O2S. The Morgan fingerprint density at radius 2 is 2.25 bits per heavy atom. The second-order valence-electron chi connectivity index (χ2n) is 3.78. The summed E-state index contributed by atoms with van der Waals surface area (Å²) in [6.45, 7) is 0. The van der Waals surface area contributed by atoms with Crippen molar-refractivity contribution in [1.29, 1.82) is 0 Å². The summed E-state index contributed by atoms with van der Waals surface area (Å²) in [5.74, 6) is 0.156. The molecule has 0 aliphatic carbocycles. The molecule has 0 aliphatic heterocycles. The third-order valence-corrected chi connectivity index (χ3v) is 3.58. The Hall–Kier alpha value is -0.650. The van der Waals surface area contributed by atoms with E-state index in [1.165, 1.54) is 12.5 Å². The predicted octanol–water partition coefficient (Wildman–Crippen LogP) is 1.56. The van der Waals surface area contributed by atoms with Crippen LogP contribution in [0.15, 0.2) is 18.5 Å². The maximum Gasteiger partial charge on any atom is 0.147 e. The van der Waals surface area contributed by atoms with Gasteiger partial charge in [0.1, 0.15) is 9.84 Å². The van der Waals surface area contributed by atoms with Crippen molar-refractivity contribution in [3.63, 3.8) is 0 Å². The van der Waals surface area contributed by atoms with Gasteiger partial charge in [-0.25, -0.2) is 8.42 Å². The van der Waals surface area contributed by atoms with Crippen molar-refractivity contribution >= 4 is 21.4 Å². The SMILES string of the molecule is CS(=O)(=O)CCCC(N)c1ccncc1Cl. The Morgan fingerprint density at radius 3 is 2.81 bits per heavy atom. The number of rotatable bonds is 5. The first-order chi connectivity index (χ1) is 7.40. The average molecular weight is 263 g/mol. The van der Waals surface area contributed by atoms with Crippen molar-refractivity contribution in [3.05, 3.63) is 29.0 Å². The highest BCUT2D eigenvalue weighted by Gasteiger charge is 2.11. The summed E-state index contributed by atoms with van der Waals surface area (Å²) < 4.78 is 21.9. The van der Waals surface area contributed by atoms with Gasteiger partial charge in [-0.2, -0.15) is 0 Å². The monoisotopic (exact) mass is 262 g/mol. The molecule has 0 spiro atoms. The van der Waals surface area contributed by atoms with Crippen LogP contribution < -0.4 is 5.73 Å². The molecule has 0 bridgehead atoms. The van der Waals surface area contributed by atoms with Crippen LogP contribution >= 0.6 is 11.6 Å². The third-order valence-electron chi connectivity index (χ3n) is 2.23. The first-order valence-corrected chi connectivity index (χ1v) is 7.37. The number of aromatic nitrogens is 1. The van der Waals surface area contributed by atoms with E-state index in [2.05, 4.69) is 4.98 Å². The van der Waals surface area contributed by atoms with Crippen LogP contribution in [0.5, 0.6) is 0 Å². The molecule has 0 saturated carbocycles. The fraction of sp³-hybridized carbons (Fsp3) is 0.500. The second kappa shape index (κ2) is 5.61. The molecule has 1 aromatic rings. The lowest BCUT2D eigenvalue weighted by Crippen LogP contribution is -2.13. The van der Waals surface area contributed by atoms with Crippen molar-refractivity contribution in [2.24, 2.45) is 5.73 Å². The zero-order valence-electron chi connectivity index (χ0n) is 9.06. The van der Waals surface area contributed by atoms with E-state index in [-0.39, 0.29) is 11.8 Å². The number of nitrogens with zero attached hydrogens (tertiary/aromatic N) is 1. The van der Waals surface area contributed by atoms with Crippen LogP contribution in [0.2, 0.25) is 5.02 Å². The van der Waals surface area contributed by atoms with E-state index >= 15 is 0 Å². The van der Waals surface area contributed by atoms with Gasteiger partial charge >= 0.3 is 0 Å². The van der Waals surface area contributed by atoms with Gasteiger partial charge in [0.05, 0.1) is 5.02 Å². The number of nitrogens with two attached hydrogens (primary N) is 1. The molecule has 0 aliphatic rings. The van der Waals surface area contributed by atoms with Crippen molar-refractivity contribution < 1.29 is 8.42 Å². The highest BCUT2D eigenvalue weighted by Crippen LogP contribution is 2.23. The number of pyridine rings is 1. The maximum absolute atomic E-state index is 10.9. The topological polar surface area (TPSA) is 73.0 Å². The molecule has 6 heteroatoms. The van der Waals surface area contributed by atoms with Gasteiger partial charge in [0.15, 0.2) is 0 Å². The molecule has 0 radical (unpaired) electrons. The zero-order valence-corrected chi connectivity index (χ0v) is 10.6. The molecule has 1 heterocycles. The summed E-state index contributed by atoms with van der Waals surface area (Å²) in [4.78, 5) is 3.86. The number of hydrogen-bond acceptors (Lipinski definition) is 4. The van der Waals surface area contributed by atoms with Crippen molar-refractivity contribution in [2.75, 3.05) is 12.0 Å². The molecule has 16 heavy (non-hydrogen) atoms. The highest BCUT2D eigenvalue weighted by molar-refractivity contribution is 7.90. The van der Waals surface area contributed by atoms with Crippen LogP contribution in [-0.2, 0) is 9.84 Å². The Balaban J connectivity index is 2.54. The maximum atomic E-state index is 10.9. The van der Waals surface area contributed by atoms with Crippen LogP contribution in [0, 0.1) is 0 Å². The lowest BCUT2D eigenvalue weighted by molar-refractivity contribution is 0.588. The number of sulfone groups is 1. The van der Waals surface area contributed by atoms with E-state index < -0.39 is 9.84 Å². The number of halogens is 1. The molecule has 0 amide bonds. The van der Waals surface area contributed by atoms with Gasteiger partial charge in [-0.1, -0.05) is 11.6 Å². The molecule has 0 saturated heterocycles. The lowest BCUT2D eigenvalue weighted by Gasteiger charge is -2.12. The summed E-state index contributed by atoms with van der Waals surface area (Å²) in [6.07, 6.45) is 5.51. The molecule has 4 nitrogen and oxygen atoms in total. The van der Waals surface area contributed by atoms with Crippen LogP contribution in [-0.4, -0.2) is 25.4 Å². The normalized spacial score (nSPS) is 13.7. The van der Waals surface area contributed by atoms with Gasteiger partial charge in [-0.15, -0.1) is 0 Å². The minimum absolute atomic E-state index is 0.156.